The smallest absolute Gasteiger partial charge is 0.269 e. The maximum atomic E-state index is 12.8. The van der Waals surface area contributed by atoms with Crippen LogP contribution in [-0.4, -0.2) is 17.1 Å². The molecule has 2 aromatic carbocycles. The minimum Gasteiger partial charge on any atom is -0.321 e. The predicted molar refractivity (Wildman–Crippen MR) is 113 cm³/mol. The summed E-state index contributed by atoms with van der Waals surface area (Å²) < 4.78 is 0. The Morgan fingerprint density at radius 1 is 1.11 bits per heavy atom. The van der Waals surface area contributed by atoms with E-state index in [9.17, 15) is 14.9 Å². The maximum Gasteiger partial charge on any atom is 0.269 e. The number of carbonyl (C=O) groups excluding carboxylic acids is 2. The van der Waals surface area contributed by atoms with Gasteiger partial charge in [-0.1, -0.05) is 35.5 Å². The van der Waals surface area contributed by atoms with Crippen molar-refractivity contribution >= 4 is 35.0 Å². The summed E-state index contributed by atoms with van der Waals surface area (Å²) in [4.78, 5) is 27.0. The van der Waals surface area contributed by atoms with Gasteiger partial charge in [-0.15, -0.1) is 0 Å². The normalized spacial score (nSPS) is 18.0. The number of nitrogens with one attached hydrogen (secondary N) is 1. The molecule has 1 saturated heterocycles. The molecule has 1 N–H and O–H groups in total. The van der Waals surface area contributed by atoms with Crippen LogP contribution in [0, 0.1) is 32.1 Å². The molecule has 0 bridgehead atoms. The highest BCUT2D eigenvalue weighted by Crippen LogP contribution is 2.41. The standard InChI is InChI=1S/C22H21N3O2S/c1-13-5-8-17(9-6-13)24-20(26)19(12-23)22-25(21(27)16(4)28-22)18-10-7-14(2)15(3)11-18/h5-11,16H,1-4H3,(H,24,26)/b22-19-. The average Bonchev–Trinajstić information content (AvgIpc) is 2.95. The summed E-state index contributed by atoms with van der Waals surface area (Å²) in [5.74, 6) is -0.663. The molecular weight excluding hydrogens is 370 g/mol. The second-order valence-electron chi connectivity index (χ2n) is 6.81. The third-order valence-corrected chi connectivity index (χ3v) is 5.84. The third kappa shape index (κ3) is 3.80. The van der Waals surface area contributed by atoms with Gasteiger partial charge < -0.3 is 5.32 Å². The van der Waals surface area contributed by atoms with Crippen LogP contribution in [-0.2, 0) is 9.59 Å². The molecule has 28 heavy (non-hydrogen) atoms. The zero-order valence-corrected chi connectivity index (χ0v) is 17.1. The highest BCUT2D eigenvalue weighted by atomic mass is 32.2. The Labute approximate surface area is 169 Å². The number of rotatable bonds is 3. The molecule has 3 rings (SSSR count). The van der Waals surface area contributed by atoms with E-state index in [-0.39, 0.29) is 16.7 Å². The van der Waals surface area contributed by atoms with Crippen molar-refractivity contribution in [1.82, 2.24) is 0 Å². The minimum absolute atomic E-state index is 0.0681. The number of nitrogens with zero attached hydrogens (tertiary/aromatic N) is 2. The van der Waals surface area contributed by atoms with Gasteiger partial charge in [-0.05, 0) is 63.1 Å². The van der Waals surface area contributed by atoms with Crippen molar-refractivity contribution < 1.29 is 9.59 Å². The van der Waals surface area contributed by atoms with E-state index >= 15 is 0 Å². The minimum atomic E-state index is -0.524. The Morgan fingerprint density at radius 3 is 2.39 bits per heavy atom. The molecule has 1 aliphatic heterocycles. The van der Waals surface area contributed by atoms with Crippen LogP contribution < -0.4 is 10.2 Å². The van der Waals surface area contributed by atoms with E-state index in [4.69, 9.17) is 0 Å². The van der Waals surface area contributed by atoms with Crippen LogP contribution in [0.15, 0.2) is 53.1 Å². The molecule has 6 heteroatoms. The molecule has 1 atom stereocenters. The van der Waals surface area contributed by atoms with Gasteiger partial charge in [0.15, 0.2) is 0 Å². The lowest BCUT2D eigenvalue weighted by Crippen LogP contribution is -2.29. The van der Waals surface area contributed by atoms with E-state index in [0.29, 0.717) is 16.4 Å². The third-order valence-electron chi connectivity index (χ3n) is 4.67. The van der Waals surface area contributed by atoms with Gasteiger partial charge in [-0.3, -0.25) is 14.5 Å². The Hall–Kier alpha value is -3.04. The molecule has 142 valence electrons. The lowest BCUT2D eigenvalue weighted by molar-refractivity contribution is -0.116. The first-order valence-electron chi connectivity index (χ1n) is 8.92. The lowest BCUT2D eigenvalue weighted by atomic mass is 10.1. The molecule has 0 spiro atoms. The SMILES string of the molecule is Cc1ccc(NC(=O)/C(C#N)=C2\SC(C)C(=O)N2c2ccc(C)c(C)c2)cc1. The average molecular weight is 391 g/mol. The number of carbonyl (C=O) groups is 2. The zero-order chi connectivity index (χ0) is 20.4. The summed E-state index contributed by atoms with van der Waals surface area (Å²) in [7, 11) is 0. The van der Waals surface area contributed by atoms with Crippen LogP contribution in [0.2, 0.25) is 0 Å². The summed E-state index contributed by atoms with van der Waals surface area (Å²) in [6.07, 6.45) is 0. The Kier molecular flexibility index (Phi) is 5.57. The summed E-state index contributed by atoms with van der Waals surface area (Å²) in [5, 5.41) is 12.4. The first-order valence-corrected chi connectivity index (χ1v) is 9.80. The fourth-order valence-corrected chi connectivity index (χ4v) is 3.96. The quantitative estimate of drug-likeness (QED) is 0.619. The maximum absolute atomic E-state index is 12.8. The molecule has 2 amide bonds. The van der Waals surface area contributed by atoms with Gasteiger partial charge in [0.25, 0.3) is 5.91 Å². The van der Waals surface area contributed by atoms with E-state index in [2.05, 4.69) is 5.32 Å². The largest absolute Gasteiger partial charge is 0.321 e. The summed E-state index contributed by atoms with van der Waals surface area (Å²) >= 11 is 1.23. The van der Waals surface area contributed by atoms with E-state index in [1.165, 1.54) is 16.7 Å². The number of nitriles is 1. The molecule has 0 aliphatic carbocycles. The molecule has 1 aliphatic rings. The van der Waals surface area contributed by atoms with Gasteiger partial charge in [0.05, 0.1) is 5.25 Å². The zero-order valence-electron chi connectivity index (χ0n) is 16.2. The first-order chi connectivity index (χ1) is 13.3. The Balaban J connectivity index is 2.01. The van der Waals surface area contributed by atoms with Gasteiger partial charge >= 0.3 is 0 Å². The first kappa shape index (κ1) is 19.7. The van der Waals surface area contributed by atoms with Crippen molar-refractivity contribution in [3.63, 3.8) is 0 Å². The molecule has 5 nitrogen and oxygen atoms in total. The van der Waals surface area contributed by atoms with Crippen molar-refractivity contribution in [1.29, 1.82) is 5.26 Å². The van der Waals surface area contributed by atoms with Crippen LogP contribution in [0.1, 0.15) is 23.6 Å². The molecule has 1 fully saturated rings. The summed E-state index contributed by atoms with van der Waals surface area (Å²) in [5.41, 5.74) is 4.42. The predicted octanol–water partition coefficient (Wildman–Crippen LogP) is 4.45. The van der Waals surface area contributed by atoms with E-state index in [1.54, 1.807) is 19.1 Å². The molecule has 1 unspecified atom stereocenters. The Morgan fingerprint density at radius 2 is 1.79 bits per heavy atom. The van der Waals surface area contributed by atoms with E-state index < -0.39 is 5.91 Å². The van der Waals surface area contributed by atoms with Crippen molar-refractivity contribution in [2.45, 2.75) is 32.9 Å². The van der Waals surface area contributed by atoms with Gasteiger partial charge in [0.2, 0.25) is 5.91 Å². The molecule has 0 radical (unpaired) electrons. The van der Waals surface area contributed by atoms with Crippen molar-refractivity contribution in [3.8, 4) is 6.07 Å². The Bertz CT molecular complexity index is 1020. The number of anilines is 2. The lowest BCUT2D eigenvalue weighted by Gasteiger charge is -2.19. The molecular formula is C22H21N3O2S. The summed E-state index contributed by atoms with van der Waals surface area (Å²) in [6, 6.07) is 15.0. The van der Waals surface area contributed by atoms with Gasteiger partial charge in [-0.25, -0.2) is 0 Å². The van der Waals surface area contributed by atoms with Gasteiger partial charge in [0, 0.05) is 11.4 Å². The van der Waals surface area contributed by atoms with Gasteiger partial charge in [0.1, 0.15) is 16.7 Å². The number of hydrogen-bond donors (Lipinski definition) is 1. The molecule has 1 heterocycles. The molecule has 0 saturated carbocycles. The fraction of sp³-hybridized carbons (Fsp3) is 0.227. The number of aryl methyl sites for hydroxylation is 3. The topological polar surface area (TPSA) is 73.2 Å². The van der Waals surface area contributed by atoms with Crippen LogP contribution >= 0.6 is 11.8 Å². The number of amides is 2. The molecule has 2 aromatic rings. The van der Waals surface area contributed by atoms with Crippen LogP contribution in [0.3, 0.4) is 0 Å². The second kappa shape index (κ2) is 7.91. The monoisotopic (exact) mass is 391 g/mol. The van der Waals surface area contributed by atoms with Crippen LogP contribution in [0.5, 0.6) is 0 Å². The van der Waals surface area contributed by atoms with Crippen LogP contribution in [0.25, 0.3) is 0 Å². The highest BCUT2D eigenvalue weighted by molar-refractivity contribution is 8.05. The van der Waals surface area contributed by atoms with Crippen LogP contribution in [0.4, 0.5) is 11.4 Å². The van der Waals surface area contributed by atoms with Crippen molar-refractivity contribution in [2.24, 2.45) is 0 Å². The number of hydrogen-bond acceptors (Lipinski definition) is 4. The van der Waals surface area contributed by atoms with Gasteiger partial charge in [-0.2, -0.15) is 5.26 Å². The van der Waals surface area contributed by atoms with Crippen molar-refractivity contribution in [2.75, 3.05) is 10.2 Å². The fourth-order valence-electron chi connectivity index (χ4n) is 2.86. The van der Waals surface area contributed by atoms with E-state index in [1.807, 2.05) is 57.2 Å². The number of thioether (sulfide) groups is 1. The number of benzene rings is 2. The highest BCUT2D eigenvalue weighted by Gasteiger charge is 2.38. The summed E-state index contributed by atoms with van der Waals surface area (Å²) in [6.45, 7) is 7.70. The second-order valence-corrected chi connectivity index (χ2v) is 8.14. The van der Waals surface area contributed by atoms with E-state index in [0.717, 1.165) is 16.7 Å². The van der Waals surface area contributed by atoms with Crippen molar-refractivity contribution in [3.05, 3.63) is 69.8 Å². The molecule has 0 aromatic heterocycles.